The number of nitrogens with one attached hydrogen (secondary N) is 1. The molecule has 0 saturated carbocycles. The van der Waals surface area contributed by atoms with E-state index < -0.39 is 5.54 Å². The predicted octanol–water partition coefficient (Wildman–Crippen LogP) is 2.08. The lowest BCUT2D eigenvalue weighted by Gasteiger charge is -2.41. The number of esters is 1. The number of carbonyl (C=O) groups is 1. The zero-order valence-electron chi connectivity index (χ0n) is 11.7. The zero-order valence-corrected chi connectivity index (χ0v) is 11.7. The lowest BCUT2D eigenvalue weighted by atomic mass is 9.77. The summed E-state index contributed by atoms with van der Waals surface area (Å²) in [5.41, 5.74) is 0.0635. The van der Waals surface area contributed by atoms with Crippen molar-refractivity contribution in [3.8, 4) is 5.75 Å². The highest BCUT2D eigenvalue weighted by Crippen LogP contribution is 2.41. The van der Waals surface area contributed by atoms with Crippen molar-refractivity contribution < 1.29 is 14.3 Å². The minimum atomic E-state index is -0.806. The molecule has 4 nitrogen and oxygen atoms in total. The molecule has 104 valence electrons. The van der Waals surface area contributed by atoms with Crippen LogP contribution in [-0.4, -0.2) is 26.2 Å². The van der Waals surface area contributed by atoms with Crippen molar-refractivity contribution in [1.82, 2.24) is 5.32 Å². The van der Waals surface area contributed by atoms with E-state index in [1.54, 1.807) is 0 Å². The highest BCUT2D eigenvalue weighted by Gasteiger charge is 2.50. The van der Waals surface area contributed by atoms with E-state index in [1.807, 2.05) is 31.2 Å². The molecule has 4 heteroatoms. The van der Waals surface area contributed by atoms with Crippen LogP contribution in [0.2, 0.25) is 0 Å². The van der Waals surface area contributed by atoms with Gasteiger partial charge in [0.25, 0.3) is 0 Å². The molecule has 2 atom stereocenters. The highest BCUT2D eigenvalue weighted by molar-refractivity contribution is 5.84. The summed E-state index contributed by atoms with van der Waals surface area (Å²) in [5.74, 6) is 0.528. The van der Waals surface area contributed by atoms with Crippen LogP contribution < -0.4 is 10.1 Å². The Hall–Kier alpha value is -1.55. The molecule has 1 aliphatic rings. The number of fused-ring (bicyclic) bond motifs is 1. The fraction of sp³-hybridized carbons (Fsp3) is 0.533. The number of benzene rings is 1. The van der Waals surface area contributed by atoms with Gasteiger partial charge in [-0.3, -0.25) is 5.32 Å². The number of hydrogen-bond acceptors (Lipinski definition) is 4. The van der Waals surface area contributed by atoms with Crippen LogP contribution in [0.25, 0.3) is 0 Å². The first-order valence-corrected chi connectivity index (χ1v) is 6.72. The Morgan fingerprint density at radius 1 is 1.53 bits per heavy atom. The van der Waals surface area contributed by atoms with Gasteiger partial charge in [-0.05, 0) is 19.0 Å². The first-order valence-electron chi connectivity index (χ1n) is 6.72. The maximum absolute atomic E-state index is 12.4. The molecule has 19 heavy (non-hydrogen) atoms. The normalized spacial score (nSPS) is 25.3. The van der Waals surface area contributed by atoms with E-state index in [4.69, 9.17) is 9.47 Å². The molecular weight excluding hydrogens is 242 g/mol. The molecule has 0 spiro atoms. The van der Waals surface area contributed by atoms with Crippen LogP contribution in [0.15, 0.2) is 24.3 Å². The number of ether oxygens (including phenoxy) is 2. The first kappa shape index (κ1) is 13.9. The molecule has 0 radical (unpaired) electrons. The lowest BCUT2D eigenvalue weighted by Crippen LogP contribution is -2.58. The van der Waals surface area contributed by atoms with Crippen molar-refractivity contribution in [2.24, 2.45) is 5.92 Å². The molecule has 0 amide bonds. The van der Waals surface area contributed by atoms with Gasteiger partial charge in [-0.1, -0.05) is 32.0 Å². The number of methoxy groups -OCH3 is 1. The average Bonchev–Trinajstić information content (AvgIpc) is 2.46. The number of hydrogen-bond donors (Lipinski definition) is 1. The standard InChI is InChI=1S/C15H21NO3/c1-4-9-16-15(14(17)18-3)11(2)10-19-13-8-6-5-7-12(13)15/h5-8,11,16H,4,9-10H2,1-3H3. The van der Waals surface area contributed by atoms with Gasteiger partial charge in [-0.2, -0.15) is 0 Å². The third-order valence-corrected chi connectivity index (χ3v) is 3.70. The maximum atomic E-state index is 12.4. The predicted molar refractivity (Wildman–Crippen MR) is 73.1 cm³/mol. The van der Waals surface area contributed by atoms with Gasteiger partial charge in [0.1, 0.15) is 5.75 Å². The van der Waals surface area contributed by atoms with E-state index in [-0.39, 0.29) is 11.9 Å². The van der Waals surface area contributed by atoms with Gasteiger partial charge >= 0.3 is 5.97 Å². The van der Waals surface area contributed by atoms with Gasteiger partial charge in [0, 0.05) is 11.5 Å². The second-order valence-electron chi connectivity index (χ2n) is 4.93. The van der Waals surface area contributed by atoms with E-state index in [2.05, 4.69) is 12.2 Å². The molecule has 2 unspecified atom stereocenters. The summed E-state index contributed by atoms with van der Waals surface area (Å²) in [5, 5.41) is 3.39. The number of carbonyl (C=O) groups excluding carboxylic acids is 1. The Morgan fingerprint density at radius 2 is 2.26 bits per heavy atom. The van der Waals surface area contributed by atoms with Crippen molar-refractivity contribution in [1.29, 1.82) is 0 Å². The Bertz CT molecular complexity index is 460. The van der Waals surface area contributed by atoms with Gasteiger partial charge in [0.15, 0.2) is 5.54 Å². The van der Waals surface area contributed by atoms with Crippen LogP contribution >= 0.6 is 0 Å². The molecule has 1 heterocycles. The van der Waals surface area contributed by atoms with Gasteiger partial charge in [0.2, 0.25) is 0 Å². The molecule has 0 saturated heterocycles. The summed E-state index contributed by atoms with van der Waals surface area (Å²) in [6, 6.07) is 7.67. The number of para-hydroxylation sites is 1. The molecular formula is C15H21NO3. The largest absolute Gasteiger partial charge is 0.493 e. The highest BCUT2D eigenvalue weighted by atomic mass is 16.5. The van der Waals surface area contributed by atoms with E-state index in [9.17, 15) is 4.79 Å². The van der Waals surface area contributed by atoms with Gasteiger partial charge in [-0.25, -0.2) is 4.79 Å². The topological polar surface area (TPSA) is 47.6 Å². The van der Waals surface area contributed by atoms with Gasteiger partial charge in [0.05, 0.1) is 13.7 Å². The monoisotopic (exact) mass is 263 g/mol. The Balaban J connectivity index is 2.53. The SMILES string of the molecule is CCCNC1(C(=O)OC)c2ccccc2OCC1C. The van der Waals surface area contributed by atoms with E-state index in [0.717, 1.165) is 24.3 Å². The molecule has 2 rings (SSSR count). The van der Waals surface area contributed by atoms with Crippen LogP contribution in [0.3, 0.4) is 0 Å². The lowest BCUT2D eigenvalue weighted by molar-refractivity contribution is -0.153. The first-order chi connectivity index (χ1) is 9.16. The van der Waals surface area contributed by atoms with Crippen LogP contribution in [0.4, 0.5) is 0 Å². The van der Waals surface area contributed by atoms with Crippen LogP contribution in [0.1, 0.15) is 25.8 Å². The van der Waals surface area contributed by atoms with E-state index >= 15 is 0 Å². The minimum Gasteiger partial charge on any atom is -0.493 e. The number of rotatable bonds is 4. The summed E-state index contributed by atoms with van der Waals surface area (Å²) in [6.45, 7) is 5.35. The third kappa shape index (κ3) is 2.21. The summed E-state index contributed by atoms with van der Waals surface area (Å²) < 4.78 is 10.8. The summed E-state index contributed by atoms with van der Waals surface area (Å²) in [7, 11) is 1.43. The molecule has 0 bridgehead atoms. The quantitative estimate of drug-likeness (QED) is 0.845. The van der Waals surface area contributed by atoms with Gasteiger partial charge < -0.3 is 9.47 Å². The smallest absolute Gasteiger partial charge is 0.331 e. The second kappa shape index (κ2) is 5.61. The Kier molecular flexibility index (Phi) is 4.10. The van der Waals surface area contributed by atoms with E-state index in [0.29, 0.717) is 6.61 Å². The minimum absolute atomic E-state index is 0.0152. The third-order valence-electron chi connectivity index (χ3n) is 3.70. The van der Waals surface area contributed by atoms with Crippen LogP contribution in [0, 0.1) is 5.92 Å². The molecule has 1 aromatic carbocycles. The molecule has 1 aromatic rings. The maximum Gasteiger partial charge on any atom is 0.331 e. The van der Waals surface area contributed by atoms with E-state index in [1.165, 1.54) is 7.11 Å². The van der Waals surface area contributed by atoms with Crippen molar-refractivity contribution in [3.05, 3.63) is 29.8 Å². The Labute approximate surface area is 114 Å². The van der Waals surface area contributed by atoms with Crippen molar-refractivity contribution >= 4 is 5.97 Å². The van der Waals surface area contributed by atoms with Crippen molar-refractivity contribution in [2.75, 3.05) is 20.3 Å². The van der Waals surface area contributed by atoms with Crippen LogP contribution in [0.5, 0.6) is 5.75 Å². The zero-order chi connectivity index (χ0) is 13.9. The van der Waals surface area contributed by atoms with Crippen molar-refractivity contribution in [2.45, 2.75) is 25.8 Å². The molecule has 1 N–H and O–H groups in total. The summed E-state index contributed by atoms with van der Waals surface area (Å²) in [4.78, 5) is 12.4. The second-order valence-corrected chi connectivity index (χ2v) is 4.93. The van der Waals surface area contributed by atoms with Crippen LogP contribution in [-0.2, 0) is 15.1 Å². The molecule has 1 aliphatic heterocycles. The Morgan fingerprint density at radius 3 is 2.95 bits per heavy atom. The summed E-state index contributed by atoms with van der Waals surface area (Å²) in [6.07, 6.45) is 0.953. The average molecular weight is 263 g/mol. The molecule has 0 aromatic heterocycles. The van der Waals surface area contributed by atoms with Gasteiger partial charge in [-0.15, -0.1) is 0 Å². The summed E-state index contributed by atoms with van der Waals surface area (Å²) >= 11 is 0. The fourth-order valence-corrected chi connectivity index (χ4v) is 2.66. The molecule has 0 aliphatic carbocycles. The molecule has 0 fully saturated rings. The fourth-order valence-electron chi connectivity index (χ4n) is 2.66. The van der Waals surface area contributed by atoms with Crippen molar-refractivity contribution in [3.63, 3.8) is 0 Å².